The second kappa shape index (κ2) is 6.02. The van der Waals surface area contributed by atoms with Crippen LogP contribution in [0.3, 0.4) is 0 Å². The largest absolute Gasteiger partial charge is 0.481 e. The Kier molecular flexibility index (Phi) is 4.32. The third-order valence-corrected chi connectivity index (χ3v) is 5.55. The number of piperidine rings is 1. The Morgan fingerprint density at radius 3 is 2.45 bits per heavy atom. The van der Waals surface area contributed by atoms with Gasteiger partial charge >= 0.3 is 5.97 Å². The highest BCUT2D eigenvalue weighted by Gasteiger charge is 2.41. The number of hydrogen-bond donors (Lipinski definition) is 1. The van der Waals surface area contributed by atoms with E-state index >= 15 is 0 Å². The van der Waals surface area contributed by atoms with E-state index in [1.54, 1.807) is 0 Å². The van der Waals surface area contributed by atoms with Crippen molar-refractivity contribution < 1.29 is 9.90 Å². The van der Waals surface area contributed by atoms with Gasteiger partial charge in [0.2, 0.25) is 0 Å². The predicted molar refractivity (Wildman–Crippen MR) is 78.8 cm³/mol. The highest BCUT2D eigenvalue weighted by atomic mass is 16.4. The lowest BCUT2D eigenvalue weighted by molar-refractivity contribution is -0.137. The predicted octanol–water partition coefficient (Wildman–Crippen LogP) is 2.19. The van der Waals surface area contributed by atoms with Crippen LogP contribution in [0.15, 0.2) is 0 Å². The van der Waals surface area contributed by atoms with Crippen molar-refractivity contribution in [1.82, 2.24) is 9.80 Å². The van der Waals surface area contributed by atoms with Gasteiger partial charge in [0, 0.05) is 31.1 Å². The minimum atomic E-state index is -0.642. The lowest BCUT2D eigenvalue weighted by Crippen LogP contribution is -2.43. The number of aliphatic carboxylic acids is 1. The van der Waals surface area contributed by atoms with Gasteiger partial charge in [-0.05, 0) is 64.5 Å². The molecule has 20 heavy (non-hydrogen) atoms. The van der Waals surface area contributed by atoms with Crippen LogP contribution in [0.5, 0.6) is 0 Å². The zero-order valence-corrected chi connectivity index (χ0v) is 12.6. The van der Waals surface area contributed by atoms with Crippen molar-refractivity contribution in [3.63, 3.8) is 0 Å². The molecule has 0 bridgehead atoms. The van der Waals surface area contributed by atoms with E-state index in [0.29, 0.717) is 12.3 Å². The molecule has 3 aliphatic rings. The summed E-state index contributed by atoms with van der Waals surface area (Å²) in [4.78, 5) is 16.0. The molecular weight excluding hydrogens is 252 g/mol. The Morgan fingerprint density at radius 1 is 1.15 bits per heavy atom. The second-order valence-corrected chi connectivity index (χ2v) is 7.08. The molecule has 0 aromatic rings. The molecule has 2 heterocycles. The van der Waals surface area contributed by atoms with Gasteiger partial charge in [-0.15, -0.1) is 0 Å². The summed E-state index contributed by atoms with van der Waals surface area (Å²) < 4.78 is 0. The summed E-state index contributed by atoms with van der Waals surface area (Å²) in [5, 5.41) is 8.77. The summed E-state index contributed by atoms with van der Waals surface area (Å²) >= 11 is 0. The summed E-state index contributed by atoms with van der Waals surface area (Å²) in [5.74, 6) is -0.00201. The van der Waals surface area contributed by atoms with Gasteiger partial charge in [-0.3, -0.25) is 14.6 Å². The van der Waals surface area contributed by atoms with Gasteiger partial charge in [0.1, 0.15) is 0 Å². The molecule has 2 aliphatic heterocycles. The van der Waals surface area contributed by atoms with Gasteiger partial charge in [-0.2, -0.15) is 0 Å². The lowest BCUT2D eigenvalue weighted by Gasteiger charge is -2.36. The quantitative estimate of drug-likeness (QED) is 0.838. The van der Waals surface area contributed by atoms with Crippen LogP contribution in [0.2, 0.25) is 0 Å². The van der Waals surface area contributed by atoms with E-state index in [1.165, 1.54) is 51.7 Å². The van der Waals surface area contributed by atoms with Crippen LogP contribution in [0, 0.1) is 5.92 Å². The van der Waals surface area contributed by atoms with Crippen LogP contribution in [-0.2, 0) is 4.79 Å². The second-order valence-electron chi connectivity index (χ2n) is 7.08. The summed E-state index contributed by atoms with van der Waals surface area (Å²) in [6.07, 6.45) is 7.77. The molecule has 4 nitrogen and oxygen atoms in total. The molecule has 1 aliphatic carbocycles. The highest BCUT2D eigenvalue weighted by molar-refractivity contribution is 5.66. The fourth-order valence-electron chi connectivity index (χ4n) is 4.14. The summed E-state index contributed by atoms with van der Waals surface area (Å²) in [6.45, 7) is 6.02. The molecule has 3 rings (SSSR count). The van der Waals surface area contributed by atoms with Crippen LogP contribution in [0.1, 0.15) is 51.9 Å². The maximum absolute atomic E-state index is 10.6. The van der Waals surface area contributed by atoms with E-state index in [4.69, 9.17) is 5.11 Å². The average Bonchev–Trinajstić information content (AvgIpc) is 3.20. The minimum absolute atomic E-state index is 0.348. The SMILES string of the molecule is CC1CC(N2CCC(CCC(=O)O)CC2)CN1C1CC1. The van der Waals surface area contributed by atoms with E-state index < -0.39 is 5.97 Å². The molecule has 2 unspecified atom stereocenters. The first-order valence-corrected chi connectivity index (χ1v) is 8.35. The van der Waals surface area contributed by atoms with Gasteiger partial charge in [0.25, 0.3) is 0 Å². The van der Waals surface area contributed by atoms with E-state index in [-0.39, 0.29) is 0 Å². The highest BCUT2D eigenvalue weighted by Crippen LogP contribution is 2.35. The zero-order chi connectivity index (χ0) is 14.1. The number of carboxylic acids is 1. The molecule has 1 saturated carbocycles. The first kappa shape index (κ1) is 14.3. The molecule has 0 radical (unpaired) electrons. The first-order chi connectivity index (χ1) is 9.63. The lowest BCUT2D eigenvalue weighted by atomic mass is 9.91. The van der Waals surface area contributed by atoms with Crippen LogP contribution < -0.4 is 0 Å². The molecule has 0 aromatic carbocycles. The number of rotatable bonds is 5. The number of carboxylic acid groups (broad SMARTS) is 1. The van der Waals surface area contributed by atoms with Gasteiger partial charge < -0.3 is 5.11 Å². The smallest absolute Gasteiger partial charge is 0.303 e. The summed E-state index contributed by atoms with van der Waals surface area (Å²) in [7, 11) is 0. The standard InChI is InChI=1S/C16H28N2O2/c1-12-10-15(11-18(12)14-3-4-14)17-8-6-13(7-9-17)2-5-16(19)20/h12-15H,2-11H2,1H3,(H,19,20). The molecule has 0 aromatic heterocycles. The molecule has 0 spiro atoms. The Bertz CT molecular complexity index is 348. The number of carbonyl (C=O) groups is 1. The molecule has 0 amide bonds. The van der Waals surface area contributed by atoms with Crippen molar-refractivity contribution >= 4 is 5.97 Å². The van der Waals surface area contributed by atoms with Gasteiger partial charge in [-0.1, -0.05) is 0 Å². The van der Waals surface area contributed by atoms with Crippen LogP contribution in [0.25, 0.3) is 0 Å². The van der Waals surface area contributed by atoms with E-state index in [1.807, 2.05) is 0 Å². The molecule has 3 fully saturated rings. The average molecular weight is 280 g/mol. The summed E-state index contributed by atoms with van der Waals surface area (Å²) in [6, 6.07) is 2.41. The van der Waals surface area contributed by atoms with Gasteiger partial charge in [0.05, 0.1) is 0 Å². The van der Waals surface area contributed by atoms with Crippen molar-refractivity contribution in [1.29, 1.82) is 0 Å². The van der Waals surface area contributed by atoms with Crippen molar-refractivity contribution in [2.75, 3.05) is 19.6 Å². The first-order valence-electron chi connectivity index (χ1n) is 8.35. The van der Waals surface area contributed by atoms with Crippen LogP contribution in [-0.4, -0.2) is 58.6 Å². The molecule has 1 N–H and O–H groups in total. The molecule has 2 atom stereocenters. The minimum Gasteiger partial charge on any atom is -0.481 e. The number of likely N-dealkylation sites (tertiary alicyclic amines) is 2. The van der Waals surface area contributed by atoms with Crippen molar-refractivity contribution in [2.45, 2.75) is 70.0 Å². The zero-order valence-electron chi connectivity index (χ0n) is 12.6. The number of hydrogen-bond acceptors (Lipinski definition) is 3. The van der Waals surface area contributed by atoms with E-state index in [9.17, 15) is 4.79 Å². The van der Waals surface area contributed by atoms with Gasteiger partial charge in [0.15, 0.2) is 0 Å². The third kappa shape index (κ3) is 3.34. The Morgan fingerprint density at radius 2 is 1.85 bits per heavy atom. The van der Waals surface area contributed by atoms with Gasteiger partial charge in [-0.25, -0.2) is 0 Å². The maximum Gasteiger partial charge on any atom is 0.303 e. The number of nitrogens with zero attached hydrogens (tertiary/aromatic N) is 2. The Hall–Kier alpha value is -0.610. The molecule has 4 heteroatoms. The topological polar surface area (TPSA) is 43.8 Å². The molecule has 2 saturated heterocycles. The summed E-state index contributed by atoms with van der Waals surface area (Å²) in [5.41, 5.74) is 0. The fraction of sp³-hybridized carbons (Fsp3) is 0.938. The third-order valence-electron chi connectivity index (χ3n) is 5.55. The van der Waals surface area contributed by atoms with E-state index in [2.05, 4.69) is 16.7 Å². The maximum atomic E-state index is 10.6. The van der Waals surface area contributed by atoms with Crippen LogP contribution in [0.4, 0.5) is 0 Å². The monoisotopic (exact) mass is 280 g/mol. The Balaban J connectivity index is 1.43. The molecular formula is C16H28N2O2. The Labute approximate surface area is 122 Å². The van der Waals surface area contributed by atoms with E-state index in [0.717, 1.165) is 24.5 Å². The van der Waals surface area contributed by atoms with Crippen molar-refractivity contribution in [2.24, 2.45) is 5.92 Å². The normalized spacial score (nSPS) is 33.6. The van der Waals surface area contributed by atoms with Crippen molar-refractivity contribution in [3.8, 4) is 0 Å². The van der Waals surface area contributed by atoms with Crippen molar-refractivity contribution in [3.05, 3.63) is 0 Å². The molecule has 114 valence electrons. The fourth-order valence-corrected chi connectivity index (χ4v) is 4.14. The van der Waals surface area contributed by atoms with Crippen LogP contribution >= 0.6 is 0 Å².